The van der Waals surface area contributed by atoms with Crippen molar-refractivity contribution in [3.8, 4) is 0 Å². The Labute approximate surface area is 156 Å². The number of β-amino-alcohol motifs (C(OH)–C–C–N with tert-alkyl or cyclic N) is 1. The highest BCUT2D eigenvalue weighted by Crippen LogP contribution is 2.28. The molecular formula is C21H21N3O3. The number of piperidine rings is 1. The van der Waals surface area contributed by atoms with Crippen molar-refractivity contribution in [2.45, 2.75) is 25.0 Å². The van der Waals surface area contributed by atoms with Gasteiger partial charge in [0, 0.05) is 24.4 Å². The number of aromatic nitrogens is 2. The molecule has 27 heavy (non-hydrogen) atoms. The maximum atomic E-state index is 12.7. The Balaban J connectivity index is 1.47. The van der Waals surface area contributed by atoms with Crippen molar-refractivity contribution in [1.82, 2.24) is 14.7 Å². The van der Waals surface area contributed by atoms with Gasteiger partial charge in [-0.15, -0.1) is 0 Å². The fourth-order valence-electron chi connectivity index (χ4n) is 3.72. The summed E-state index contributed by atoms with van der Waals surface area (Å²) in [4.78, 5) is 26.8. The minimum Gasteiger partial charge on any atom is -0.391 e. The van der Waals surface area contributed by atoms with Gasteiger partial charge in [-0.25, -0.2) is 4.68 Å². The molecule has 1 saturated heterocycles. The lowest BCUT2D eigenvalue weighted by Crippen LogP contribution is -2.47. The third kappa shape index (κ3) is 3.48. The third-order valence-corrected chi connectivity index (χ3v) is 5.21. The highest BCUT2D eigenvalue weighted by atomic mass is 16.3. The van der Waals surface area contributed by atoms with Crippen LogP contribution < -0.4 is 5.56 Å². The van der Waals surface area contributed by atoms with E-state index in [2.05, 4.69) is 5.10 Å². The molecule has 2 atom stereocenters. The second kappa shape index (κ2) is 7.32. The van der Waals surface area contributed by atoms with Gasteiger partial charge in [0.25, 0.3) is 5.56 Å². The van der Waals surface area contributed by atoms with E-state index in [0.717, 1.165) is 10.9 Å². The van der Waals surface area contributed by atoms with Crippen molar-refractivity contribution in [2.24, 2.45) is 0 Å². The average molecular weight is 363 g/mol. The number of nitrogens with zero attached hydrogens (tertiary/aromatic N) is 3. The first kappa shape index (κ1) is 17.4. The molecule has 0 radical (unpaired) electrons. The predicted molar refractivity (Wildman–Crippen MR) is 102 cm³/mol. The highest BCUT2D eigenvalue weighted by Gasteiger charge is 2.31. The molecule has 3 aromatic rings. The van der Waals surface area contributed by atoms with Gasteiger partial charge in [0.15, 0.2) is 0 Å². The molecule has 1 N–H and O–H groups in total. The zero-order chi connectivity index (χ0) is 18.8. The number of fused-ring (bicyclic) bond motifs is 1. The number of likely N-dealkylation sites (tertiary alicyclic amines) is 1. The molecule has 6 heteroatoms. The Hall–Kier alpha value is -2.99. The fourth-order valence-corrected chi connectivity index (χ4v) is 3.72. The number of carbonyl (C=O) groups excluding carboxylic acids is 1. The van der Waals surface area contributed by atoms with Gasteiger partial charge in [0.2, 0.25) is 5.91 Å². The zero-order valence-corrected chi connectivity index (χ0v) is 14.9. The van der Waals surface area contributed by atoms with Crippen molar-refractivity contribution in [2.75, 3.05) is 13.1 Å². The Morgan fingerprint density at radius 2 is 1.85 bits per heavy atom. The first-order valence-corrected chi connectivity index (χ1v) is 9.09. The number of rotatable bonds is 3. The van der Waals surface area contributed by atoms with Crippen LogP contribution in [0.25, 0.3) is 10.8 Å². The molecule has 0 saturated carbocycles. The van der Waals surface area contributed by atoms with E-state index in [9.17, 15) is 14.7 Å². The predicted octanol–water partition coefficient (Wildman–Crippen LogP) is 1.77. The van der Waals surface area contributed by atoms with Crippen LogP contribution in [0.15, 0.2) is 65.6 Å². The average Bonchev–Trinajstić information content (AvgIpc) is 2.71. The number of hydrogen-bond donors (Lipinski definition) is 1. The number of aliphatic hydroxyl groups excluding tert-OH is 1. The quantitative estimate of drug-likeness (QED) is 0.770. The van der Waals surface area contributed by atoms with Crippen LogP contribution in [0, 0.1) is 0 Å². The molecule has 2 heterocycles. The largest absolute Gasteiger partial charge is 0.391 e. The van der Waals surface area contributed by atoms with Crippen molar-refractivity contribution >= 4 is 16.7 Å². The van der Waals surface area contributed by atoms with Crippen molar-refractivity contribution in [3.63, 3.8) is 0 Å². The van der Waals surface area contributed by atoms with Gasteiger partial charge in [-0.3, -0.25) is 9.59 Å². The lowest BCUT2D eigenvalue weighted by molar-refractivity contribution is -0.135. The van der Waals surface area contributed by atoms with Gasteiger partial charge >= 0.3 is 0 Å². The molecule has 138 valence electrons. The molecule has 1 fully saturated rings. The summed E-state index contributed by atoms with van der Waals surface area (Å²) in [7, 11) is 0. The molecule has 4 rings (SSSR count). The molecule has 1 aliphatic heterocycles. The molecule has 1 aliphatic rings. The topological polar surface area (TPSA) is 75.4 Å². The number of carbonyl (C=O) groups is 1. The standard InChI is InChI=1S/C21H21N3O3/c25-19-13-23(11-10-17(19)15-6-2-1-3-7-15)20(26)14-24-21(27)18-9-5-4-8-16(18)12-22-24/h1-9,12,17,19,25H,10-11,13-14H2/t17-,19+/m0/s1. The molecule has 1 aromatic heterocycles. The summed E-state index contributed by atoms with van der Waals surface area (Å²) >= 11 is 0. The van der Waals surface area contributed by atoms with Crippen LogP contribution in [-0.2, 0) is 11.3 Å². The Kier molecular flexibility index (Phi) is 4.73. The minimum absolute atomic E-state index is 0.0248. The first-order valence-electron chi connectivity index (χ1n) is 9.09. The maximum absolute atomic E-state index is 12.7. The smallest absolute Gasteiger partial charge is 0.275 e. The van der Waals surface area contributed by atoms with E-state index in [1.807, 2.05) is 42.5 Å². The van der Waals surface area contributed by atoms with E-state index in [0.29, 0.717) is 18.4 Å². The first-order chi connectivity index (χ1) is 13.1. The maximum Gasteiger partial charge on any atom is 0.275 e. The summed E-state index contributed by atoms with van der Waals surface area (Å²) in [5.74, 6) is -0.179. The molecule has 0 spiro atoms. The van der Waals surface area contributed by atoms with Crippen LogP contribution >= 0.6 is 0 Å². The lowest BCUT2D eigenvalue weighted by atomic mass is 9.87. The SMILES string of the molecule is O=C(Cn1ncc2ccccc2c1=O)N1CC[C@@H](c2ccccc2)[C@H](O)C1. The third-order valence-electron chi connectivity index (χ3n) is 5.21. The molecule has 0 bridgehead atoms. The van der Waals surface area contributed by atoms with E-state index in [4.69, 9.17) is 0 Å². The van der Waals surface area contributed by atoms with Gasteiger partial charge < -0.3 is 10.0 Å². The summed E-state index contributed by atoms with van der Waals surface area (Å²) < 4.78 is 1.19. The van der Waals surface area contributed by atoms with Crippen LogP contribution in [-0.4, -0.2) is 44.9 Å². The van der Waals surface area contributed by atoms with Gasteiger partial charge in [-0.1, -0.05) is 48.5 Å². The van der Waals surface area contributed by atoms with E-state index in [-0.39, 0.29) is 30.5 Å². The number of hydrogen-bond acceptors (Lipinski definition) is 4. The zero-order valence-electron chi connectivity index (χ0n) is 14.9. The number of aliphatic hydroxyl groups is 1. The normalized spacial score (nSPS) is 20.0. The minimum atomic E-state index is -0.619. The van der Waals surface area contributed by atoms with Gasteiger partial charge in [-0.05, 0) is 18.1 Å². The van der Waals surface area contributed by atoms with Crippen molar-refractivity contribution in [1.29, 1.82) is 0 Å². The summed E-state index contributed by atoms with van der Waals surface area (Å²) in [6.45, 7) is 0.699. The highest BCUT2D eigenvalue weighted by molar-refractivity contribution is 5.81. The molecular weight excluding hydrogens is 342 g/mol. The summed E-state index contributed by atoms with van der Waals surface area (Å²) in [6.07, 6.45) is 1.67. The van der Waals surface area contributed by atoms with Crippen LogP contribution in [0.2, 0.25) is 0 Å². The van der Waals surface area contributed by atoms with Crippen LogP contribution in [0.4, 0.5) is 0 Å². The van der Waals surface area contributed by atoms with Gasteiger partial charge in [-0.2, -0.15) is 5.10 Å². The van der Waals surface area contributed by atoms with E-state index >= 15 is 0 Å². The van der Waals surface area contributed by atoms with Crippen LogP contribution in [0.5, 0.6) is 0 Å². The van der Waals surface area contributed by atoms with Crippen LogP contribution in [0.3, 0.4) is 0 Å². The second-order valence-electron chi connectivity index (χ2n) is 6.91. The Bertz CT molecular complexity index is 1020. The number of benzene rings is 2. The Morgan fingerprint density at radius 1 is 1.11 bits per heavy atom. The summed E-state index contributed by atoms with van der Waals surface area (Å²) in [6, 6.07) is 17.1. The van der Waals surface area contributed by atoms with E-state index in [1.165, 1.54) is 4.68 Å². The molecule has 0 aliphatic carbocycles. The van der Waals surface area contributed by atoms with E-state index in [1.54, 1.807) is 23.2 Å². The van der Waals surface area contributed by atoms with Crippen molar-refractivity contribution < 1.29 is 9.90 Å². The Morgan fingerprint density at radius 3 is 2.63 bits per heavy atom. The second-order valence-corrected chi connectivity index (χ2v) is 6.91. The van der Waals surface area contributed by atoms with Crippen LogP contribution in [0.1, 0.15) is 17.9 Å². The molecule has 1 amide bonds. The molecule has 0 unspecified atom stereocenters. The van der Waals surface area contributed by atoms with Crippen molar-refractivity contribution in [3.05, 3.63) is 76.7 Å². The summed E-state index contributed by atoms with van der Waals surface area (Å²) in [5, 5.41) is 15.9. The summed E-state index contributed by atoms with van der Waals surface area (Å²) in [5.41, 5.74) is 0.811. The fraction of sp³-hybridized carbons (Fsp3) is 0.286. The lowest BCUT2D eigenvalue weighted by Gasteiger charge is -2.36. The monoisotopic (exact) mass is 363 g/mol. The molecule has 2 aromatic carbocycles. The number of amides is 1. The van der Waals surface area contributed by atoms with Gasteiger partial charge in [0.05, 0.1) is 17.7 Å². The molecule has 6 nitrogen and oxygen atoms in total. The van der Waals surface area contributed by atoms with Gasteiger partial charge in [0.1, 0.15) is 6.54 Å². The van der Waals surface area contributed by atoms with E-state index < -0.39 is 6.10 Å².